The van der Waals surface area contributed by atoms with Crippen molar-refractivity contribution in [2.24, 2.45) is 0 Å². The lowest BCUT2D eigenvalue weighted by Crippen LogP contribution is -2.37. The van der Waals surface area contributed by atoms with Gasteiger partial charge in [-0.2, -0.15) is 13.2 Å². The molecule has 1 saturated heterocycles. The maximum atomic E-state index is 13.2. The molecule has 0 aromatic heterocycles. The molecule has 0 radical (unpaired) electrons. The van der Waals surface area contributed by atoms with Gasteiger partial charge in [0.2, 0.25) is 5.91 Å². The number of carbonyl (C=O) groups is 3. The summed E-state index contributed by atoms with van der Waals surface area (Å²) in [5.74, 6) is -1.31. The molecule has 1 N–H and O–H groups in total. The summed E-state index contributed by atoms with van der Waals surface area (Å²) in [4.78, 5) is 40.6. The zero-order chi connectivity index (χ0) is 24.5. The van der Waals surface area contributed by atoms with E-state index in [-0.39, 0.29) is 25.1 Å². The lowest BCUT2D eigenvalue weighted by atomic mass is 10.1. The first-order chi connectivity index (χ1) is 16.1. The molecule has 34 heavy (non-hydrogen) atoms. The second-order valence-electron chi connectivity index (χ2n) is 8.29. The molecule has 2 aliphatic heterocycles. The molecule has 180 valence electrons. The average molecular weight is 475 g/mol. The van der Waals surface area contributed by atoms with E-state index in [4.69, 9.17) is 4.74 Å². The fourth-order valence-corrected chi connectivity index (χ4v) is 4.11. The van der Waals surface area contributed by atoms with Crippen LogP contribution in [0, 0.1) is 6.92 Å². The molecular weight excluding hydrogens is 451 g/mol. The highest BCUT2D eigenvalue weighted by Gasteiger charge is 2.35. The monoisotopic (exact) mass is 475 g/mol. The summed E-state index contributed by atoms with van der Waals surface area (Å²) in [6.07, 6.45) is -4.43. The normalized spacial score (nSPS) is 16.1. The van der Waals surface area contributed by atoms with Crippen LogP contribution >= 0.6 is 0 Å². The SMILES string of the molecule is Cc1ccc2c(c1)C(=O)N(CCCC(=O)Nc1cc(C(F)(F)F)ccc1N1CCOCC1)C2=O. The molecule has 0 aliphatic carbocycles. The Balaban J connectivity index is 1.41. The summed E-state index contributed by atoms with van der Waals surface area (Å²) < 4.78 is 45.0. The van der Waals surface area contributed by atoms with Gasteiger partial charge in [-0.3, -0.25) is 19.3 Å². The Labute approximate surface area is 194 Å². The maximum absolute atomic E-state index is 13.2. The number of ether oxygens (including phenoxy) is 1. The number of alkyl halides is 3. The van der Waals surface area contributed by atoms with Crippen molar-refractivity contribution in [1.82, 2.24) is 4.90 Å². The molecular formula is C24H24F3N3O4. The van der Waals surface area contributed by atoms with Crippen molar-refractivity contribution in [3.63, 3.8) is 0 Å². The van der Waals surface area contributed by atoms with Gasteiger partial charge < -0.3 is 15.0 Å². The third-order valence-electron chi connectivity index (χ3n) is 5.86. The van der Waals surface area contributed by atoms with Gasteiger partial charge in [0.1, 0.15) is 0 Å². The van der Waals surface area contributed by atoms with Gasteiger partial charge in [0.25, 0.3) is 11.8 Å². The number of aryl methyl sites for hydroxylation is 1. The van der Waals surface area contributed by atoms with Crippen LogP contribution in [0.2, 0.25) is 0 Å². The van der Waals surface area contributed by atoms with E-state index in [0.717, 1.165) is 22.6 Å². The third-order valence-corrected chi connectivity index (χ3v) is 5.86. The van der Waals surface area contributed by atoms with E-state index in [1.54, 1.807) is 18.2 Å². The highest BCUT2D eigenvalue weighted by Crippen LogP contribution is 2.36. The minimum atomic E-state index is -4.55. The number of imide groups is 1. The molecule has 2 aliphatic rings. The first-order valence-corrected chi connectivity index (χ1v) is 11.0. The Morgan fingerprint density at radius 2 is 1.74 bits per heavy atom. The molecule has 2 aromatic rings. The number of morpholine rings is 1. The van der Waals surface area contributed by atoms with Crippen LogP contribution < -0.4 is 10.2 Å². The van der Waals surface area contributed by atoms with Gasteiger partial charge in [-0.05, 0) is 43.7 Å². The van der Waals surface area contributed by atoms with E-state index < -0.39 is 29.5 Å². The smallest absolute Gasteiger partial charge is 0.378 e. The highest BCUT2D eigenvalue weighted by molar-refractivity contribution is 6.21. The number of halogens is 3. The Morgan fingerprint density at radius 3 is 2.44 bits per heavy atom. The first-order valence-electron chi connectivity index (χ1n) is 11.0. The summed E-state index contributed by atoms with van der Waals surface area (Å²) in [5.41, 5.74) is 1.23. The van der Waals surface area contributed by atoms with E-state index in [0.29, 0.717) is 43.1 Å². The number of rotatable bonds is 6. The quantitative estimate of drug-likeness (QED) is 0.642. The number of nitrogens with one attached hydrogen (secondary N) is 1. The molecule has 0 unspecified atom stereocenters. The van der Waals surface area contributed by atoms with Crippen LogP contribution in [-0.2, 0) is 15.7 Å². The van der Waals surface area contributed by atoms with Gasteiger partial charge >= 0.3 is 6.18 Å². The fraction of sp³-hybridized carbons (Fsp3) is 0.375. The van der Waals surface area contributed by atoms with Crippen LogP contribution in [-0.4, -0.2) is 55.5 Å². The van der Waals surface area contributed by atoms with E-state index in [9.17, 15) is 27.6 Å². The molecule has 0 bridgehead atoms. The lowest BCUT2D eigenvalue weighted by molar-refractivity contribution is -0.137. The predicted octanol–water partition coefficient (Wildman–Crippen LogP) is 3.87. The average Bonchev–Trinajstić information content (AvgIpc) is 3.03. The van der Waals surface area contributed by atoms with E-state index >= 15 is 0 Å². The van der Waals surface area contributed by atoms with Crippen LogP contribution in [0.3, 0.4) is 0 Å². The van der Waals surface area contributed by atoms with Gasteiger partial charge in [-0.25, -0.2) is 0 Å². The van der Waals surface area contributed by atoms with Crippen molar-refractivity contribution in [3.05, 3.63) is 58.7 Å². The number of carbonyl (C=O) groups excluding carboxylic acids is 3. The lowest BCUT2D eigenvalue weighted by Gasteiger charge is -2.31. The van der Waals surface area contributed by atoms with E-state index in [1.807, 2.05) is 11.8 Å². The van der Waals surface area contributed by atoms with Crippen LogP contribution in [0.4, 0.5) is 24.5 Å². The number of anilines is 2. The van der Waals surface area contributed by atoms with Gasteiger partial charge in [0.15, 0.2) is 0 Å². The molecule has 0 spiro atoms. The Hall–Kier alpha value is -3.40. The van der Waals surface area contributed by atoms with Crippen molar-refractivity contribution in [2.75, 3.05) is 43.1 Å². The van der Waals surface area contributed by atoms with Crippen molar-refractivity contribution in [3.8, 4) is 0 Å². The van der Waals surface area contributed by atoms with Crippen molar-refractivity contribution in [1.29, 1.82) is 0 Å². The van der Waals surface area contributed by atoms with Crippen LogP contribution in [0.1, 0.15) is 44.7 Å². The van der Waals surface area contributed by atoms with Crippen molar-refractivity contribution < 1.29 is 32.3 Å². The summed E-state index contributed by atoms with van der Waals surface area (Å²) in [5, 5.41) is 2.58. The number of amides is 3. The molecule has 0 atom stereocenters. The van der Waals surface area contributed by atoms with Crippen LogP contribution in [0.5, 0.6) is 0 Å². The van der Waals surface area contributed by atoms with Crippen molar-refractivity contribution in [2.45, 2.75) is 25.9 Å². The molecule has 7 nitrogen and oxygen atoms in total. The number of hydrogen-bond acceptors (Lipinski definition) is 5. The van der Waals surface area contributed by atoms with Crippen LogP contribution in [0.15, 0.2) is 36.4 Å². The summed E-state index contributed by atoms with van der Waals surface area (Å²) in [7, 11) is 0. The van der Waals surface area contributed by atoms with E-state index in [1.165, 1.54) is 6.07 Å². The molecule has 4 rings (SSSR count). The maximum Gasteiger partial charge on any atom is 0.416 e. The molecule has 2 aromatic carbocycles. The first kappa shape index (κ1) is 23.7. The zero-order valence-corrected chi connectivity index (χ0v) is 18.6. The minimum Gasteiger partial charge on any atom is -0.378 e. The topological polar surface area (TPSA) is 79.0 Å². The standard InChI is InChI=1S/C24H24F3N3O4/c1-15-4-6-17-18(13-15)23(33)30(22(17)32)8-2-3-21(31)28-19-14-16(24(25,26)27)5-7-20(19)29-9-11-34-12-10-29/h4-7,13-14H,2-3,8-12H2,1H3,(H,28,31). The minimum absolute atomic E-state index is 0.0394. The second-order valence-corrected chi connectivity index (χ2v) is 8.29. The van der Waals surface area contributed by atoms with Gasteiger partial charge in [0.05, 0.1) is 41.3 Å². The molecule has 10 heteroatoms. The van der Waals surface area contributed by atoms with Gasteiger partial charge in [0, 0.05) is 26.1 Å². The highest BCUT2D eigenvalue weighted by atomic mass is 19.4. The number of benzene rings is 2. The molecule has 0 saturated carbocycles. The number of hydrogen-bond donors (Lipinski definition) is 1. The van der Waals surface area contributed by atoms with Gasteiger partial charge in [-0.15, -0.1) is 0 Å². The molecule has 2 heterocycles. The van der Waals surface area contributed by atoms with Gasteiger partial charge in [-0.1, -0.05) is 11.6 Å². The zero-order valence-electron chi connectivity index (χ0n) is 18.6. The Bertz CT molecular complexity index is 1130. The number of fused-ring (bicyclic) bond motifs is 1. The predicted molar refractivity (Wildman–Crippen MR) is 119 cm³/mol. The fourth-order valence-electron chi connectivity index (χ4n) is 4.11. The van der Waals surface area contributed by atoms with E-state index in [2.05, 4.69) is 5.32 Å². The summed E-state index contributed by atoms with van der Waals surface area (Å²) in [6.45, 7) is 3.73. The number of nitrogens with zero attached hydrogens (tertiary/aromatic N) is 2. The Morgan fingerprint density at radius 1 is 1.03 bits per heavy atom. The largest absolute Gasteiger partial charge is 0.416 e. The molecule has 3 amide bonds. The molecule has 1 fully saturated rings. The Kier molecular flexibility index (Phi) is 6.60. The third kappa shape index (κ3) is 4.91. The van der Waals surface area contributed by atoms with Crippen LogP contribution in [0.25, 0.3) is 0 Å². The second kappa shape index (κ2) is 9.46. The van der Waals surface area contributed by atoms with Crippen molar-refractivity contribution >= 4 is 29.1 Å². The summed E-state index contributed by atoms with van der Waals surface area (Å²) in [6, 6.07) is 8.29. The summed E-state index contributed by atoms with van der Waals surface area (Å²) >= 11 is 0.